The van der Waals surface area contributed by atoms with Gasteiger partial charge >= 0.3 is 0 Å². The van der Waals surface area contributed by atoms with Crippen LogP contribution >= 0.6 is 0 Å². The van der Waals surface area contributed by atoms with Crippen molar-refractivity contribution in [1.29, 1.82) is 0 Å². The Morgan fingerprint density at radius 3 is 2.87 bits per heavy atom. The Hall–Kier alpha value is -1.87. The highest BCUT2D eigenvalue weighted by atomic mass is 19.3. The van der Waals surface area contributed by atoms with E-state index in [2.05, 4.69) is 15.3 Å². The number of aromatic nitrogens is 4. The summed E-state index contributed by atoms with van der Waals surface area (Å²) in [6, 6.07) is -0.609. The summed E-state index contributed by atoms with van der Waals surface area (Å²) in [5, 5.41) is 12.0. The number of alkyl halides is 2. The first-order valence-corrected chi connectivity index (χ1v) is 7.30. The number of likely N-dealkylation sites (tertiary alicyclic amines) is 1. The molecule has 0 N–H and O–H groups in total. The van der Waals surface area contributed by atoms with Crippen molar-refractivity contribution < 1.29 is 17.9 Å². The van der Waals surface area contributed by atoms with Crippen molar-refractivity contribution in [3.8, 4) is 0 Å². The third kappa shape index (κ3) is 3.40. The van der Waals surface area contributed by atoms with Crippen molar-refractivity contribution in [2.24, 2.45) is 7.05 Å². The molecule has 3 rings (SSSR count). The Morgan fingerprint density at radius 2 is 2.22 bits per heavy atom. The molecule has 0 bridgehead atoms. The number of methoxy groups -OCH3 is 1. The van der Waals surface area contributed by atoms with E-state index < -0.39 is 12.0 Å². The summed E-state index contributed by atoms with van der Waals surface area (Å²) in [7, 11) is 3.31. The third-order valence-electron chi connectivity index (χ3n) is 3.89. The van der Waals surface area contributed by atoms with Gasteiger partial charge in [-0.25, -0.2) is 8.78 Å². The van der Waals surface area contributed by atoms with Crippen molar-refractivity contribution >= 4 is 0 Å². The van der Waals surface area contributed by atoms with Crippen LogP contribution in [0, 0.1) is 6.92 Å². The Labute approximate surface area is 132 Å². The molecule has 9 heteroatoms. The van der Waals surface area contributed by atoms with Gasteiger partial charge in [0, 0.05) is 38.9 Å². The van der Waals surface area contributed by atoms with Crippen LogP contribution in [0.25, 0.3) is 0 Å². The van der Waals surface area contributed by atoms with Gasteiger partial charge in [-0.2, -0.15) is 5.10 Å². The first-order valence-electron chi connectivity index (χ1n) is 7.30. The summed E-state index contributed by atoms with van der Waals surface area (Å²) >= 11 is 0. The Bertz CT molecular complexity index is 685. The molecule has 1 atom stereocenters. The molecule has 2 aromatic rings. The first kappa shape index (κ1) is 16.0. The van der Waals surface area contributed by atoms with E-state index in [1.807, 2.05) is 20.2 Å². The van der Waals surface area contributed by atoms with E-state index in [0.717, 1.165) is 11.3 Å². The number of rotatable bonds is 5. The molecule has 126 valence electrons. The van der Waals surface area contributed by atoms with Crippen LogP contribution in [-0.4, -0.2) is 44.5 Å². The fraction of sp³-hybridized carbons (Fsp3) is 0.643. The lowest BCUT2D eigenvalue weighted by atomic mass is 10.2. The molecule has 1 aliphatic heterocycles. The van der Waals surface area contributed by atoms with Crippen LogP contribution in [0.5, 0.6) is 0 Å². The number of ether oxygens (including phenoxy) is 1. The van der Waals surface area contributed by atoms with Gasteiger partial charge < -0.3 is 9.15 Å². The van der Waals surface area contributed by atoms with Crippen LogP contribution in [-0.2, 0) is 24.9 Å². The lowest BCUT2D eigenvalue weighted by Crippen LogP contribution is -2.26. The van der Waals surface area contributed by atoms with E-state index >= 15 is 0 Å². The third-order valence-corrected chi connectivity index (χ3v) is 3.89. The highest BCUT2D eigenvalue weighted by Crippen LogP contribution is 2.41. The predicted molar refractivity (Wildman–Crippen MR) is 75.7 cm³/mol. The predicted octanol–water partition coefficient (Wildman–Crippen LogP) is 1.84. The van der Waals surface area contributed by atoms with Gasteiger partial charge in [0.05, 0.1) is 18.3 Å². The van der Waals surface area contributed by atoms with Gasteiger partial charge in [0.15, 0.2) is 0 Å². The van der Waals surface area contributed by atoms with Gasteiger partial charge in [0.1, 0.15) is 6.61 Å². The normalized spacial score (nSPS) is 21.2. The van der Waals surface area contributed by atoms with Gasteiger partial charge in [-0.15, -0.1) is 10.2 Å². The zero-order valence-electron chi connectivity index (χ0n) is 13.3. The highest BCUT2D eigenvalue weighted by Gasteiger charge is 2.47. The van der Waals surface area contributed by atoms with Crippen LogP contribution in [0.15, 0.2) is 10.6 Å². The van der Waals surface area contributed by atoms with Crippen molar-refractivity contribution in [1.82, 2.24) is 24.9 Å². The Kier molecular flexibility index (Phi) is 4.15. The first-order chi connectivity index (χ1) is 10.9. The Balaban J connectivity index is 1.82. The zero-order valence-corrected chi connectivity index (χ0v) is 13.3. The molecule has 3 heterocycles. The van der Waals surface area contributed by atoms with E-state index in [4.69, 9.17) is 9.15 Å². The van der Waals surface area contributed by atoms with Crippen molar-refractivity contribution in [3.05, 3.63) is 29.2 Å². The molecule has 0 amide bonds. The van der Waals surface area contributed by atoms with Crippen molar-refractivity contribution in [2.45, 2.75) is 38.5 Å². The standard InChI is InChI=1S/C14H19F2N5O2/c1-9-10(5-20(2)19-9)6-21-8-14(15,16)4-11(21)13-18-17-12(23-13)7-22-3/h5,11H,4,6-8H2,1-3H3/t11-/m0/s1. The summed E-state index contributed by atoms with van der Waals surface area (Å²) in [5.74, 6) is -2.29. The molecule has 0 spiro atoms. The smallest absolute Gasteiger partial charge is 0.262 e. The Morgan fingerprint density at radius 1 is 1.43 bits per heavy atom. The molecule has 2 aromatic heterocycles. The maximum absolute atomic E-state index is 13.9. The molecule has 0 aromatic carbocycles. The fourth-order valence-electron chi connectivity index (χ4n) is 2.90. The fourth-order valence-corrected chi connectivity index (χ4v) is 2.90. The molecule has 0 unspecified atom stereocenters. The number of hydrogen-bond acceptors (Lipinski definition) is 6. The van der Waals surface area contributed by atoms with Crippen LogP contribution in [0.3, 0.4) is 0 Å². The van der Waals surface area contributed by atoms with Gasteiger partial charge in [-0.1, -0.05) is 0 Å². The number of halogens is 2. The number of hydrogen-bond donors (Lipinski definition) is 0. The van der Waals surface area contributed by atoms with Crippen LogP contribution in [0.2, 0.25) is 0 Å². The monoisotopic (exact) mass is 327 g/mol. The molecule has 0 aliphatic carbocycles. The van der Waals surface area contributed by atoms with E-state index in [0.29, 0.717) is 6.54 Å². The number of nitrogens with zero attached hydrogens (tertiary/aromatic N) is 5. The second kappa shape index (κ2) is 5.97. The average Bonchev–Trinajstić information content (AvgIpc) is 3.10. The molecule has 0 radical (unpaired) electrons. The molecular formula is C14H19F2N5O2. The SMILES string of the molecule is COCc1nnc([C@@H]2CC(F)(F)CN2Cc2cn(C)nc2C)o1. The quantitative estimate of drug-likeness (QED) is 0.835. The summed E-state index contributed by atoms with van der Waals surface area (Å²) < 4.78 is 39.9. The van der Waals surface area contributed by atoms with E-state index in [1.54, 1.807) is 9.58 Å². The van der Waals surface area contributed by atoms with Gasteiger partial charge in [0.2, 0.25) is 11.8 Å². The summed E-state index contributed by atoms with van der Waals surface area (Å²) in [6.45, 7) is 2.05. The van der Waals surface area contributed by atoms with Crippen molar-refractivity contribution in [3.63, 3.8) is 0 Å². The second-order valence-electron chi connectivity index (χ2n) is 5.86. The second-order valence-corrected chi connectivity index (χ2v) is 5.86. The van der Waals surface area contributed by atoms with Crippen LogP contribution in [0.1, 0.15) is 35.5 Å². The summed E-state index contributed by atoms with van der Waals surface area (Å²) in [5.41, 5.74) is 1.74. The molecule has 1 fully saturated rings. The maximum atomic E-state index is 13.9. The van der Waals surface area contributed by atoms with Gasteiger partial charge in [-0.05, 0) is 6.92 Å². The van der Waals surface area contributed by atoms with E-state index in [-0.39, 0.29) is 31.4 Å². The van der Waals surface area contributed by atoms with Crippen LogP contribution in [0.4, 0.5) is 8.78 Å². The maximum Gasteiger partial charge on any atom is 0.262 e. The summed E-state index contributed by atoms with van der Waals surface area (Å²) in [4.78, 5) is 1.66. The molecule has 1 aliphatic rings. The number of aryl methyl sites for hydroxylation is 2. The molecule has 7 nitrogen and oxygen atoms in total. The topological polar surface area (TPSA) is 69.2 Å². The molecule has 0 saturated carbocycles. The molecular weight excluding hydrogens is 308 g/mol. The van der Waals surface area contributed by atoms with Gasteiger partial charge in [0.25, 0.3) is 5.92 Å². The largest absolute Gasteiger partial charge is 0.421 e. The van der Waals surface area contributed by atoms with Crippen LogP contribution < -0.4 is 0 Å². The minimum atomic E-state index is -2.78. The lowest BCUT2D eigenvalue weighted by molar-refractivity contribution is 0.0112. The summed E-state index contributed by atoms with van der Waals surface area (Å²) in [6.07, 6.45) is 1.51. The lowest BCUT2D eigenvalue weighted by Gasteiger charge is -2.20. The minimum absolute atomic E-state index is 0.165. The molecule has 23 heavy (non-hydrogen) atoms. The van der Waals surface area contributed by atoms with E-state index in [9.17, 15) is 8.78 Å². The van der Waals surface area contributed by atoms with E-state index in [1.165, 1.54) is 7.11 Å². The molecule has 1 saturated heterocycles. The van der Waals surface area contributed by atoms with Gasteiger partial charge in [-0.3, -0.25) is 9.58 Å². The minimum Gasteiger partial charge on any atom is -0.421 e. The average molecular weight is 327 g/mol. The zero-order chi connectivity index (χ0) is 16.6. The highest BCUT2D eigenvalue weighted by molar-refractivity contribution is 5.16. The van der Waals surface area contributed by atoms with Crippen molar-refractivity contribution in [2.75, 3.05) is 13.7 Å².